The molecule has 1 aromatic heterocycles. The van der Waals surface area contributed by atoms with E-state index in [1.165, 1.54) is 0 Å². The minimum absolute atomic E-state index is 0.155. The number of rotatable bonds is 9. The fourth-order valence-electron chi connectivity index (χ4n) is 6.45. The standard InChI is InChI=1S/C35H50N4O4/c1-7-39(29-12-16-43-17-13-29)33-20-28(9-8-27-10-14-38(15-11-27)22-25(5)40)19-31(26(33)6)34(41)36-21-32-30(23(2)3)18-24(4)37-35(32)42/h18-20,23,25,27,29,40H,7,10-17,21-22H2,1-6H3,(H,36,41)(H,37,42). The first-order valence-electron chi connectivity index (χ1n) is 16.0. The lowest BCUT2D eigenvalue weighted by molar-refractivity contribution is 0.0845. The fourth-order valence-corrected chi connectivity index (χ4v) is 6.45. The monoisotopic (exact) mass is 590 g/mol. The van der Waals surface area contributed by atoms with Gasteiger partial charge in [-0.1, -0.05) is 25.7 Å². The molecule has 1 aromatic carbocycles. The molecule has 0 saturated carbocycles. The van der Waals surface area contributed by atoms with Crippen molar-refractivity contribution in [1.29, 1.82) is 0 Å². The number of H-pyrrole nitrogens is 1. The number of anilines is 1. The van der Waals surface area contributed by atoms with Crippen LogP contribution in [0.5, 0.6) is 0 Å². The lowest BCUT2D eigenvalue weighted by atomic mass is 9.95. The Kier molecular flexibility index (Phi) is 11.5. The molecule has 0 spiro atoms. The Balaban J connectivity index is 1.63. The highest BCUT2D eigenvalue weighted by Gasteiger charge is 2.25. The van der Waals surface area contributed by atoms with Crippen LogP contribution in [0.15, 0.2) is 23.0 Å². The predicted molar refractivity (Wildman–Crippen MR) is 173 cm³/mol. The summed E-state index contributed by atoms with van der Waals surface area (Å²) in [6, 6.07) is 6.39. The zero-order valence-corrected chi connectivity index (χ0v) is 26.9. The largest absolute Gasteiger partial charge is 0.392 e. The van der Waals surface area contributed by atoms with Gasteiger partial charge in [-0.05, 0) is 102 Å². The Labute approximate surface area is 257 Å². The minimum atomic E-state index is -0.322. The summed E-state index contributed by atoms with van der Waals surface area (Å²) >= 11 is 0. The molecule has 3 heterocycles. The van der Waals surface area contributed by atoms with Gasteiger partial charge in [-0.25, -0.2) is 0 Å². The number of carbonyl (C=O) groups is 1. The summed E-state index contributed by atoms with van der Waals surface area (Å²) in [6.07, 6.45) is 3.52. The van der Waals surface area contributed by atoms with E-state index in [1.807, 2.05) is 32.9 Å². The molecule has 1 amide bonds. The average Bonchev–Trinajstić information content (AvgIpc) is 2.97. The highest BCUT2D eigenvalue weighted by Crippen LogP contribution is 2.30. The van der Waals surface area contributed by atoms with E-state index < -0.39 is 0 Å². The van der Waals surface area contributed by atoms with Gasteiger partial charge in [0.05, 0.1) is 6.10 Å². The molecule has 43 heavy (non-hydrogen) atoms. The van der Waals surface area contributed by atoms with Gasteiger partial charge in [0.2, 0.25) is 0 Å². The van der Waals surface area contributed by atoms with E-state index in [-0.39, 0.29) is 36.0 Å². The first-order valence-corrected chi connectivity index (χ1v) is 16.0. The van der Waals surface area contributed by atoms with Gasteiger partial charge in [-0.3, -0.25) is 9.59 Å². The minimum Gasteiger partial charge on any atom is -0.392 e. The fraction of sp³-hybridized carbons (Fsp3) is 0.600. The first-order chi connectivity index (χ1) is 20.6. The van der Waals surface area contributed by atoms with Crippen molar-refractivity contribution < 1.29 is 14.6 Å². The number of aromatic nitrogens is 1. The van der Waals surface area contributed by atoms with E-state index in [2.05, 4.69) is 58.8 Å². The van der Waals surface area contributed by atoms with Gasteiger partial charge < -0.3 is 29.9 Å². The molecule has 8 heteroatoms. The van der Waals surface area contributed by atoms with Crippen molar-refractivity contribution in [2.45, 2.75) is 91.8 Å². The number of aliphatic hydroxyl groups is 1. The Bertz CT molecular complexity index is 1370. The highest BCUT2D eigenvalue weighted by atomic mass is 16.5. The number of hydrogen-bond donors (Lipinski definition) is 3. The van der Waals surface area contributed by atoms with E-state index in [1.54, 1.807) is 0 Å². The maximum absolute atomic E-state index is 13.8. The van der Waals surface area contributed by atoms with E-state index >= 15 is 0 Å². The topological polar surface area (TPSA) is 97.9 Å². The number of aryl methyl sites for hydroxylation is 1. The number of ether oxygens (including phenoxy) is 1. The highest BCUT2D eigenvalue weighted by molar-refractivity contribution is 5.97. The van der Waals surface area contributed by atoms with Crippen molar-refractivity contribution >= 4 is 11.6 Å². The number of carbonyl (C=O) groups excluding carboxylic acids is 1. The molecular weight excluding hydrogens is 540 g/mol. The molecule has 1 atom stereocenters. The maximum Gasteiger partial charge on any atom is 0.253 e. The van der Waals surface area contributed by atoms with Crippen molar-refractivity contribution in [2.75, 3.05) is 44.3 Å². The van der Waals surface area contributed by atoms with Gasteiger partial charge in [0.1, 0.15) is 0 Å². The summed E-state index contributed by atoms with van der Waals surface area (Å²) in [7, 11) is 0. The molecule has 2 saturated heterocycles. The Hall–Kier alpha value is -3.12. The quantitative estimate of drug-likeness (QED) is 0.373. The van der Waals surface area contributed by atoms with E-state index in [9.17, 15) is 14.7 Å². The van der Waals surface area contributed by atoms with E-state index in [0.29, 0.717) is 23.7 Å². The van der Waals surface area contributed by atoms with E-state index in [4.69, 9.17) is 4.74 Å². The van der Waals surface area contributed by atoms with Crippen LogP contribution in [-0.4, -0.2) is 72.4 Å². The Morgan fingerprint density at radius 1 is 1.14 bits per heavy atom. The van der Waals surface area contributed by atoms with Gasteiger partial charge in [0, 0.05) is 72.9 Å². The molecule has 2 fully saturated rings. The molecule has 2 aromatic rings. The predicted octanol–water partition coefficient (Wildman–Crippen LogP) is 4.49. The Morgan fingerprint density at radius 2 is 1.84 bits per heavy atom. The molecule has 3 N–H and O–H groups in total. The lowest BCUT2D eigenvalue weighted by Crippen LogP contribution is -2.40. The van der Waals surface area contributed by atoms with Crippen LogP contribution in [-0.2, 0) is 11.3 Å². The van der Waals surface area contributed by atoms with Crippen LogP contribution in [0.1, 0.15) is 97.6 Å². The van der Waals surface area contributed by atoms with Crippen molar-refractivity contribution in [2.24, 2.45) is 5.92 Å². The number of likely N-dealkylation sites (tertiary alicyclic amines) is 1. The molecular formula is C35H50N4O4. The van der Waals surface area contributed by atoms with Crippen molar-refractivity contribution in [3.8, 4) is 11.8 Å². The SMILES string of the molecule is CCN(c1cc(C#CC2CCN(CC(C)O)CC2)cc(C(=O)NCc2c(C(C)C)cc(C)[nH]c2=O)c1C)C1CCOCC1. The number of amides is 1. The van der Waals surface area contributed by atoms with Crippen LogP contribution in [0.3, 0.4) is 0 Å². The molecule has 2 aliphatic heterocycles. The number of nitrogens with zero attached hydrogens (tertiary/aromatic N) is 2. The maximum atomic E-state index is 13.8. The average molecular weight is 591 g/mol. The third-order valence-corrected chi connectivity index (χ3v) is 8.79. The van der Waals surface area contributed by atoms with Crippen LogP contribution in [0.2, 0.25) is 0 Å². The summed E-state index contributed by atoms with van der Waals surface area (Å²) in [5, 5.41) is 12.8. The van der Waals surface area contributed by atoms with Crippen LogP contribution < -0.4 is 15.8 Å². The first kappa shape index (κ1) is 32.8. The summed E-state index contributed by atoms with van der Waals surface area (Å²) in [4.78, 5) is 34.2. The summed E-state index contributed by atoms with van der Waals surface area (Å²) < 4.78 is 5.64. The molecule has 234 valence electrons. The Morgan fingerprint density at radius 3 is 2.47 bits per heavy atom. The van der Waals surface area contributed by atoms with Gasteiger partial charge in [-0.2, -0.15) is 0 Å². The second-order valence-corrected chi connectivity index (χ2v) is 12.5. The second-order valence-electron chi connectivity index (χ2n) is 12.5. The molecule has 4 rings (SSSR count). The van der Waals surface area contributed by atoms with Crippen molar-refractivity contribution in [3.63, 3.8) is 0 Å². The third kappa shape index (κ3) is 8.50. The molecule has 0 radical (unpaired) electrons. The van der Waals surface area contributed by atoms with E-state index in [0.717, 1.165) is 86.6 Å². The van der Waals surface area contributed by atoms with Crippen LogP contribution in [0, 0.1) is 31.6 Å². The van der Waals surface area contributed by atoms with Crippen LogP contribution >= 0.6 is 0 Å². The number of piperidine rings is 1. The van der Waals surface area contributed by atoms with Crippen molar-refractivity contribution in [1.82, 2.24) is 15.2 Å². The number of aromatic amines is 1. The number of β-amino-alcohol motifs (C(OH)–C–C–N with tert-alkyl or cyclic N) is 1. The summed E-state index contributed by atoms with van der Waals surface area (Å²) in [5.74, 6) is 7.17. The normalized spacial score (nSPS) is 17.4. The molecule has 1 unspecified atom stereocenters. The smallest absolute Gasteiger partial charge is 0.253 e. The van der Waals surface area contributed by atoms with Crippen LogP contribution in [0.25, 0.3) is 0 Å². The zero-order valence-electron chi connectivity index (χ0n) is 26.9. The van der Waals surface area contributed by atoms with Gasteiger partial charge in [0.15, 0.2) is 0 Å². The number of hydrogen-bond acceptors (Lipinski definition) is 6. The lowest BCUT2D eigenvalue weighted by Gasteiger charge is -2.36. The zero-order chi connectivity index (χ0) is 31.1. The second kappa shape index (κ2) is 15.1. The molecule has 0 bridgehead atoms. The number of benzene rings is 1. The number of nitrogens with one attached hydrogen (secondary N) is 2. The number of aliphatic hydroxyl groups excluding tert-OH is 1. The molecule has 0 aliphatic carbocycles. The molecule has 8 nitrogen and oxygen atoms in total. The van der Waals surface area contributed by atoms with Gasteiger partial charge in [-0.15, -0.1) is 0 Å². The molecule has 2 aliphatic rings. The van der Waals surface area contributed by atoms with Crippen molar-refractivity contribution in [3.05, 3.63) is 62.1 Å². The van der Waals surface area contributed by atoms with Crippen LogP contribution in [0.4, 0.5) is 5.69 Å². The summed E-state index contributed by atoms with van der Waals surface area (Å²) in [6.45, 7) is 17.0. The third-order valence-electron chi connectivity index (χ3n) is 8.79. The number of pyridine rings is 1. The summed E-state index contributed by atoms with van der Waals surface area (Å²) in [5.41, 5.74) is 5.59. The van der Waals surface area contributed by atoms with Gasteiger partial charge >= 0.3 is 0 Å². The van der Waals surface area contributed by atoms with Gasteiger partial charge in [0.25, 0.3) is 11.5 Å².